The van der Waals surface area contributed by atoms with Gasteiger partial charge in [0.15, 0.2) is 0 Å². The molecule has 5 nitrogen and oxygen atoms in total. The molecular weight excluding hydrogens is 246 g/mol. The lowest BCUT2D eigenvalue weighted by atomic mass is 10.1. The van der Waals surface area contributed by atoms with Crippen molar-refractivity contribution in [2.75, 3.05) is 26.8 Å². The Morgan fingerprint density at radius 3 is 2.37 bits per heavy atom. The van der Waals surface area contributed by atoms with Crippen LogP contribution in [0.5, 0.6) is 0 Å². The minimum atomic E-state index is -1.03. The van der Waals surface area contributed by atoms with Crippen LogP contribution in [0.3, 0.4) is 0 Å². The van der Waals surface area contributed by atoms with E-state index in [1.165, 1.54) is 12.0 Å². The molecule has 0 atom stereocenters. The maximum atomic E-state index is 12.2. The average molecular weight is 265 g/mol. The molecule has 19 heavy (non-hydrogen) atoms. The summed E-state index contributed by atoms with van der Waals surface area (Å²) < 4.78 is 4.89. The summed E-state index contributed by atoms with van der Waals surface area (Å²) in [6.07, 6.45) is 0.900. The molecule has 1 aromatic rings. The molecule has 1 rings (SSSR count). The number of nitrogens with zero attached hydrogens (tertiary/aromatic N) is 1. The third kappa shape index (κ3) is 4.71. The number of hydrogen-bond acceptors (Lipinski definition) is 3. The zero-order valence-electron chi connectivity index (χ0n) is 11.3. The third-order valence-electron chi connectivity index (χ3n) is 2.79. The molecule has 0 heterocycles. The monoisotopic (exact) mass is 265 g/mol. The van der Waals surface area contributed by atoms with Gasteiger partial charge < -0.3 is 14.7 Å². The fourth-order valence-corrected chi connectivity index (χ4v) is 1.68. The number of benzene rings is 1. The Labute approximate surface area is 112 Å². The van der Waals surface area contributed by atoms with Crippen LogP contribution in [0.1, 0.15) is 22.8 Å². The maximum absolute atomic E-state index is 12.2. The Balaban J connectivity index is 2.81. The topological polar surface area (TPSA) is 66.8 Å². The lowest BCUT2D eigenvalue weighted by molar-refractivity contribution is -0.137. The summed E-state index contributed by atoms with van der Waals surface area (Å²) >= 11 is 0. The number of amides is 1. The molecule has 1 aromatic carbocycles. The van der Waals surface area contributed by atoms with Crippen molar-refractivity contribution in [2.45, 2.75) is 13.3 Å². The summed E-state index contributed by atoms with van der Waals surface area (Å²) in [4.78, 5) is 24.2. The van der Waals surface area contributed by atoms with Crippen molar-refractivity contribution < 1.29 is 19.4 Å². The zero-order chi connectivity index (χ0) is 14.3. The largest absolute Gasteiger partial charge is 0.480 e. The Bertz CT molecular complexity index is 428. The van der Waals surface area contributed by atoms with Gasteiger partial charge in [-0.05, 0) is 24.1 Å². The van der Waals surface area contributed by atoms with Crippen LogP contribution in [0, 0.1) is 0 Å². The van der Waals surface area contributed by atoms with E-state index in [9.17, 15) is 9.59 Å². The molecule has 0 bridgehead atoms. The molecule has 0 radical (unpaired) electrons. The molecule has 0 spiro atoms. The highest BCUT2D eigenvalue weighted by Crippen LogP contribution is 2.08. The first kappa shape index (κ1) is 15.2. The summed E-state index contributed by atoms with van der Waals surface area (Å²) in [7, 11) is 1.51. The van der Waals surface area contributed by atoms with E-state index in [0.717, 1.165) is 12.0 Å². The molecule has 5 heteroatoms. The molecule has 0 aliphatic carbocycles. The van der Waals surface area contributed by atoms with Gasteiger partial charge in [-0.2, -0.15) is 0 Å². The Morgan fingerprint density at radius 1 is 1.26 bits per heavy atom. The van der Waals surface area contributed by atoms with Gasteiger partial charge in [0.2, 0.25) is 0 Å². The first-order chi connectivity index (χ1) is 9.08. The van der Waals surface area contributed by atoms with E-state index >= 15 is 0 Å². The van der Waals surface area contributed by atoms with E-state index < -0.39 is 5.97 Å². The summed E-state index contributed by atoms with van der Waals surface area (Å²) in [5, 5.41) is 8.83. The van der Waals surface area contributed by atoms with Crippen LogP contribution in [0.2, 0.25) is 0 Å². The number of aliphatic carboxylic acids is 1. The SMILES string of the molecule is CCc1ccc(C(=O)N(CCOC)CC(=O)O)cc1. The molecule has 104 valence electrons. The number of ether oxygens (including phenoxy) is 1. The van der Waals surface area contributed by atoms with Crippen molar-refractivity contribution in [2.24, 2.45) is 0 Å². The second kappa shape index (κ2) is 7.53. The second-order valence-corrected chi connectivity index (χ2v) is 4.16. The van der Waals surface area contributed by atoms with Crippen LogP contribution in [-0.4, -0.2) is 48.7 Å². The molecule has 0 aliphatic heterocycles. The highest BCUT2D eigenvalue weighted by molar-refractivity contribution is 5.95. The second-order valence-electron chi connectivity index (χ2n) is 4.16. The summed E-state index contributed by atoms with van der Waals surface area (Å²) in [5.41, 5.74) is 1.63. The number of rotatable bonds is 7. The third-order valence-corrected chi connectivity index (χ3v) is 2.79. The molecule has 0 fully saturated rings. The summed E-state index contributed by atoms with van der Waals surface area (Å²) in [6.45, 7) is 2.28. The van der Waals surface area contributed by atoms with Gasteiger partial charge in [-0.3, -0.25) is 9.59 Å². The van der Waals surface area contributed by atoms with Crippen LogP contribution in [0.4, 0.5) is 0 Å². The first-order valence-corrected chi connectivity index (χ1v) is 6.17. The average Bonchev–Trinajstić information content (AvgIpc) is 2.42. The predicted molar refractivity (Wildman–Crippen MR) is 71.2 cm³/mol. The fourth-order valence-electron chi connectivity index (χ4n) is 1.68. The highest BCUT2D eigenvalue weighted by atomic mass is 16.5. The number of carboxylic acid groups (broad SMARTS) is 1. The number of carbonyl (C=O) groups is 2. The van der Waals surface area contributed by atoms with Gasteiger partial charge in [0.05, 0.1) is 6.61 Å². The van der Waals surface area contributed by atoms with Crippen molar-refractivity contribution in [1.29, 1.82) is 0 Å². The summed E-state index contributed by atoms with van der Waals surface area (Å²) in [6, 6.07) is 7.21. The predicted octanol–water partition coefficient (Wildman–Crippen LogP) is 1.42. The van der Waals surface area contributed by atoms with Crippen molar-refractivity contribution in [3.05, 3.63) is 35.4 Å². The number of carbonyl (C=O) groups excluding carboxylic acids is 1. The smallest absolute Gasteiger partial charge is 0.323 e. The van der Waals surface area contributed by atoms with Gasteiger partial charge in [-0.15, -0.1) is 0 Å². The molecular formula is C14H19NO4. The van der Waals surface area contributed by atoms with Crippen LogP contribution in [0.15, 0.2) is 24.3 Å². The molecule has 1 N–H and O–H groups in total. The quantitative estimate of drug-likeness (QED) is 0.809. The number of methoxy groups -OCH3 is 1. The lowest BCUT2D eigenvalue weighted by Gasteiger charge is -2.20. The van der Waals surface area contributed by atoms with E-state index in [-0.39, 0.29) is 19.0 Å². The molecule has 1 amide bonds. The first-order valence-electron chi connectivity index (χ1n) is 6.17. The van der Waals surface area contributed by atoms with Crippen molar-refractivity contribution >= 4 is 11.9 Å². The fraction of sp³-hybridized carbons (Fsp3) is 0.429. The minimum Gasteiger partial charge on any atom is -0.480 e. The standard InChI is InChI=1S/C14H19NO4/c1-3-11-4-6-12(7-5-11)14(18)15(8-9-19-2)10-13(16)17/h4-7H,3,8-10H2,1-2H3,(H,16,17). The lowest BCUT2D eigenvalue weighted by Crippen LogP contribution is -2.38. The van der Waals surface area contributed by atoms with E-state index in [1.807, 2.05) is 19.1 Å². The molecule has 0 aliphatic rings. The molecule has 0 saturated heterocycles. The van der Waals surface area contributed by atoms with Gasteiger partial charge in [0.25, 0.3) is 5.91 Å². The van der Waals surface area contributed by atoms with Crippen molar-refractivity contribution in [3.63, 3.8) is 0 Å². The van der Waals surface area contributed by atoms with Gasteiger partial charge >= 0.3 is 5.97 Å². The van der Waals surface area contributed by atoms with E-state index in [2.05, 4.69) is 0 Å². The van der Waals surface area contributed by atoms with Crippen LogP contribution >= 0.6 is 0 Å². The zero-order valence-corrected chi connectivity index (χ0v) is 11.3. The van der Waals surface area contributed by atoms with E-state index in [0.29, 0.717) is 12.2 Å². The van der Waals surface area contributed by atoms with E-state index in [1.54, 1.807) is 12.1 Å². The Morgan fingerprint density at radius 2 is 1.89 bits per heavy atom. The maximum Gasteiger partial charge on any atom is 0.323 e. The van der Waals surface area contributed by atoms with Gasteiger partial charge in [-0.1, -0.05) is 19.1 Å². The molecule has 0 unspecified atom stereocenters. The van der Waals surface area contributed by atoms with Crippen molar-refractivity contribution in [1.82, 2.24) is 4.90 Å². The summed E-state index contributed by atoms with van der Waals surface area (Å²) in [5.74, 6) is -1.32. The van der Waals surface area contributed by atoms with E-state index in [4.69, 9.17) is 9.84 Å². The van der Waals surface area contributed by atoms with Crippen LogP contribution in [-0.2, 0) is 16.0 Å². The number of hydrogen-bond donors (Lipinski definition) is 1. The van der Waals surface area contributed by atoms with Crippen LogP contribution in [0.25, 0.3) is 0 Å². The Hall–Kier alpha value is -1.88. The van der Waals surface area contributed by atoms with Gasteiger partial charge in [-0.25, -0.2) is 0 Å². The number of aryl methyl sites for hydroxylation is 1. The number of carboxylic acids is 1. The van der Waals surface area contributed by atoms with Crippen LogP contribution < -0.4 is 0 Å². The molecule has 0 aromatic heterocycles. The minimum absolute atomic E-state index is 0.261. The van der Waals surface area contributed by atoms with Crippen molar-refractivity contribution in [3.8, 4) is 0 Å². The van der Waals surface area contributed by atoms with Gasteiger partial charge in [0, 0.05) is 19.2 Å². The highest BCUT2D eigenvalue weighted by Gasteiger charge is 2.18. The normalized spacial score (nSPS) is 10.2. The molecule has 0 saturated carbocycles. The Kier molecular flexibility index (Phi) is 6.02. The van der Waals surface area contributed by atoms with Gasteiger partial charge in [0.1, 0.15) is 6.54 Å².